The van der Waals surface area contributed by atoms with E-state index in [9.17, 15) is 0 Å². The molecule has 52 heavy (non-hydrogen) atoms. The Morgan fingerprint density at radius 3 is 1.83 bits per heavy atom. The zero-order valence-electron chi connectivity index (χ0n) is 27.7. The molecule has 0 fully saturated rings. The van der Waals surface area contributed by atoms with Gasteiger partial charge < -0.3 is 8.83 Å². The van der Waals surface area contributed by atoms with Gasteiger partial charge in [0.1, 0.15) is 22.3 Å². The van der Waals surface area contributed by atoms with Crippen molar-refractivity contribution in [3.8, 4) is 45.3 Å². The van der Waals surface area contributed by atoms with Gasteiger partial charge in [-0.3, -0.25) is 0 Å². The Labute approximate surface area is 297 Å². The highest BCUT2D eigenvalue weighted by molar-refractivity contribution is 6.21. The first-order valence-corrected chi connectivity index (χ1v) is 17.3. The Morgan fingerprint density at radius 1 is 0.327 bits per heavy atom. The highest BCUT2D eigenvalue weighted by Gasteiger charge is 2.23. The molecule has 3 aromatic heterocycles. The SMILES string of the molecule is c1ccc(-c2nc(-c3ccc4ccccc4c3)nc(-c3ccc(-c4cccc5oc6cc7ccccc7cc6c45)c4oc5ccccc5c34)n2)cc1. The van der Waals surface area contributed by atoms with Gasteiger partial charge in [-0.05, 0) is 69.6 Å². The first-order valence-electron chi connectivity index (χ1n) is 17.3. The van der Waals surface area contributed by atoms with E-state index >= 15 is 0 Å². The number of nitrogens with zero attached hydrogens (tertiary/aromatic N) is 3. The van der Waals surface area contributed by atoms with E-state index in [1.807, 2.05) is 54.6 Å². The van der Waals surface area contributed by atoms with Crippen LogP contribution < -0.4 is 0 Å². The van der Waals surface area contributed by atoms with Gasteiger partial charge in [0.2, 0.25) is 0 Å². The molecule has 5 nitrogen and oxygen atoms in total. The summed E-state index contributed by atoms with van der Waals surface area (Å²) in [6, 6.07) is 56.2. The van der Waals surface area contributed by atoms with Gasteiger partial charge in [0.25, 0.3) is 0 Å². The molecule has 0 N–H and O–H groups in total. The number of hydrogen-bond donors (Lipinski definition) is 0. The van der Waals surface area contributed by atoms with Gasteiger partial charge >= 0.3 is 0 Å². The number of furan rings is 2. The molecule has 0 saturated heterocycles. The van der Waals surface area contributed by atoms with Crippen molar-refractivity contribution in [3.05, 3.63) is 164 Å². The fourth-order valence-electron chi connectivity index (χ4n) is 7.63. The summed E-state index contributed by atoms with van der Waals surface area (Å²) in [5.41, 5.74) is 8.01. The van der Waals surface area contributed by atoms with E-state index in [-0.39, 0.29) is 0 Å². The van der Waals surface area contributed by atoms with Crippen LogP contribution in [0.5, 0.6) is 0 Å². The lowest BCUT2D eigenvalue weighted by molar-refractivity contribution is 0.669. The third kappa shape index (κ3) is 4.46. The Kier molecular flexibility index (Phi) is 6.18. The van der Waals surface area contributed by atoms with E-state index < -0.39 is 0 Å². The highest BCUT2D eigenvalue weighted by atomic mass is 16.3. The summed E-state index contributed by atoms with van der Waals surface area (Å²) in [6.07, 6.45) is 0. The van der Waals surface area contributed by atoms with Crippen molar-refractivity contribution in [3.63, 3.8) is 0 Å². The summed E-state index contributed by atoms with van der Waals surface area (Å²) in [7, 11) is 0. The maximum atomic E-state index is 6.78. The molecule has 0 amide bonds. The average Bonchev–Trinajstić information content (AvgIpc) is 3.78. The lowest BCUT2D eigenvalue weighted by atomic mass is 9.94. The second-order valence-electron chi connectivity index (χ2n) is 13.2. The van der Waals surface area contributed by atoms with Crippen molar-refractivity contribution in [2.24, 2.45) is 0 Å². The van der Waals surface area contributed by atoms with Crippen LogP contribution in [0.1, 0.15) is 0 Å². The molecule has 0 atom stereocenters. The Hall–Kier alpha value is -7.11. The fraction of sp³-hybridized carbons (Fsp3) is 0. The number of hydrogen-bond acceptors (Lipinski definition) is 5. The van der Waals surface area contributed by atoms with Crippen molar-refractivity contribution in [1.29, 1.82) is 0 Å². The molecule has 0 unspecified atom stereocenters. The quantitative estimate of drug-likeness (QED) is 0.187. The summed E-state index contributed by atoms with van der Waals surface area (Å²) in [5.74, 6) is 1.81. The van der Waals surface area contributed by atoms with Gasteiger partial charge in [-0.1, -0.05) is 121 Å². The Balaban J connectivity index is 1.18. The van der Waals surface area contributed by atoms with Crippen LogP contribution in [0.15, 0.2) is 173 Å². The molecule has 0 spiro atoms. The van der Waals surface area contributed by atoms with E-state index in [0.717, 1.165) is 82.5 Å². The van der Waals surface area contributed by atoms with E-state index in [1.54, 1.807) is 0 Å². The fourth-order valence-corrected chi connectivity index (χ4v) is 7.63. The minimum absolute atomic E-state index is 0.582. The van der Waals surface area contributed by atoms with Crippen molar-refractivity contribution < 1.29 is 8.83 Å². The molecular weight excluding hydrogens is 639 g/mol. The summed E-state index contributed by atoms with van der Waals surface area (Å²) in [4.78, 5) is 15.3. The lowest BCUT2D eigenvalue weighted by Crippen LogP contribution is -2.00. The molecule has 3 heterocycles. The van der Waals surface area contributed by atoms with Crippen LogP contribution in [0.3, 0.4) is 0 Å². The number of benzene rings is 8. The number of fused-ring (bicyclic) bond motifs is 8. The van der Waals surface area contributed by atoms with Crippen LogP contribution in [0.2, 0.25) is 0 Å². The van der Waals surface area contributed by atoms with Crippen LogP contribution in [-0.4, -0.2) is 15.0 Å². The number of para-hydroxylation sites is 1. The molecule has 0 saturated carbocycles. The molecule has 8 aromatic carbocycles. The second kappa shape index (κ2) is 11.2. The topological polar surface area (TPSA) is 65.0 Å². The van der Waals surface area contributed by atoms with Crippen molar-refractivity contribution in [2.75, 3.05) is 0 Å². The molecule has 0 aliphatic carbocycles. The Bertz CT molecular complexity index is 3190. The summed E-state index contributed by atoms with van der Waals surface area (Å²) in [5, 5.41) is 8.70. The maximum absolute atomic E-state index is 6.78. The average molecular weight is 666 g/mol. The first-order chi connectivity index (χ1) is 25.7. The molecule has 242 valence electrons. The molecule has 0 radical (unpaired) electrons. The summed E-state index contributed by atoms with van der Waals surface area (Å²) >= 11 is 0. The van der Waals surface area contributed by atoms with Crippen molar-refractivity contribution in [1.82, 2.24) is 15.0 Å². The van der Waals surface area contributed by atoms with Gasteiger partial charge in [-0.2, -0.15) is 0 Å². The molecule has 0 aliphatic rings. The molecule has 5 heteroatoms. The van der Waals surface area contributed by atoms with Crippen LogP contribution in [-0.2, 0) is 0 Å². The minimum atomic E-state index is 0.582. The number of aromatic nitrogens is 3. The minimum Gasteiger partial charge on any atom is -0.456 e. The summed E-state index contributed by atoms with van der Waals surface area (Å²) in [6.45, 7) is 0. The van der Waals surface area contributed by atoms with E-state index in [4.69, 9.17) is 23.8 Å². The van der Waals surface area contributed by atoms with Crippen LogP contribution in [0.25, 0.3) is 111 Å². The van der Waals surface area contributed by atoms with Crippen LogP contribution in [0.4, 0.5) is 0 Å². The standard InChI is InChI=1S/C47H27N3O2/c1-2-12-29(13-3-1)45-48-46(33-22-21-28-11-4-5-14-30(28)25-33)50-47(49-45)37-24-23-35(44-43(37)36-17-8-9-19-39(36)52-44)34-18-10-20-40-42(34)38-26-31-15-6-7-16-32(31)27-41(38)51-40/h1-27H. The van der Waals surface area contributed by atoms with Gasteiger partial charge in [-0.15, -0.1) is 0 Å². The van der Waals surface area contributed by atoms with Gasteiger partial charge in [0.05, 0.1) is 0 Å². The lowest BCUT2D eigenvalue weighted by Gasteiger charge is -2.11. The van der Waals surface area contributed by atoms with Gasteiger partial charge in [-0.25, -0.2) is 15.0 Å². The van der Waals surface area contributed by atoms with Crippen LogP contribution >= 0.6 is 0 Å². The van der Waals surface area contributed by atoms with E-state index in [0.29, 0.717) is 17.5 Å². The monoisotopic (exact) mass is 665 g/mol. The van der Waals surface area contributed by atoms with Crippen molar-refractivity contribution in [2.45, 2.75) is 0 Å². The van der Waals surface area contributed by atoms with Gasteiger partial charge in [0.15, 0.2) is 17.5 Å². The third-order valence-corrected chi connectivity index (χ3v) is 10.1. The Morgan fingerprint density at radius 2 is 0.981 bits per heavy atom. The summed E-state index contributed by atoms with van der Waals surface area (Å²) < 4.78 is 13.3. The van der Waals surface area contributed by atoms with Crippen molar-refractivity contribution >= 4 is 65.4 Å². The van der Waals surface area contributed by atoms with Gasteiger partial charge in [0, 0.05) is 43.8 Å². The predicted molar refractivity (Wildman–Crippen MR) is 211 cm³/mol. The molecular formula is C47H27N3O2. The smallest absolute Gasteiger partial charge is 0.164 e. The molecule has 0 bridgehead atoms. The predicted octanol–water partition coefficient (Wildman–Crippen LogP) is 12.6. The molecule has 11 aromatic rings. The highest BCUT2D eigenvalue weighted by Crippen LogP contribution is 2.45. The number of rotatable bonds is 4. The first kappa shape index (κ1) is 28.7. The third-order valence-electron chi connectivity index (χ3n) is 10.1. The second-order valence-corrected chi connectivity index (χ2v) is 13.2. The largest absolute Gasteiger partial charge is 0.456 e. The maximum Gasteiger partial charge on any atom is 0.164 e. The zero-order chi connectivity index (χ0) is 34.2. The van der Waals surface area contributed by atoms with E-state index in [2.05, 4.69) is 109 Å². The normalized spacial score (nSPS) is 11.8. The van der Waals surface area contributed by atoms with Crippen LogP contribution in [0, 0.1) is 0 Å². The van der Waals surface area contributed by atoms with E-state index in [1.165, 1.54) is 10.8 Å². The molecule has 0 aliphatic heterocycles. The molecule has 11 rings (SSSR count). The zero-order valence-corrected chi connectivity index (χ0v) is 27.7.